The van der Waals surface area contributed by atoms with Gasteiger partial charge in [0.05, 0.1) is 6.42 Å². The number of nitrogens with one attached hydrogen (secondary N) is 1. The predicted octanol–water partition coefficient (Wildman–Crippen LogP) is 5.18. The largest absolute Gasteiger partial charge is 0.352 e. The average molecular weight is 435 g/mol. The van der Waals surface area contributed by atoms with E-state index in [1.807, 2.05) is 45.0 Å². The second-order valence-corrected chi connectivity index (χ2v) is 8.26. The molecule has 156 valence electrons. The molecule has 2 aromatic carbocycles. The van der Waals surface area contributed by atoms with E-state index in [9.17, 15) is 9.59 Å². The lowest BCUT2D eigenvalue weighted by Crippen LogP contribution is -2.49. The Hall–Kier alpha value is -2.04. The Balaban J connectivity index is 2.26. The first kappa shape index (κ1) is 23.2. The van der Waals surface area contributed by atoms with Crippen molar-refractivity contribution in [1.82, 2.24) is 10.2 Å². The van der Waals surface area contributed by atoms with Crippen molar-refractivity contribution < 1.29 is 9.59 Å². The van der Waals surface area contributed by atoms with Crippen LogP contribution >= 0.6 is 23.2 Å². The minimum atomic E-state index is -0.631. The number of rotatable bonds is 8. The summed E-state index contributed by atoms with van der Waals surface area (Å²) in [6.07, 6.45) is 1.03. The van der Waals surface area contributed by atoms with Crippen LogP contribution in [0.3, 0.4) is 0 Å². The van der Waals surface area contributed by atoms with Gasteiger partial charge in [0.2, 0.25) is 11.8 Å². The van der Waals surface area contributed by atoms with Crippen molar-refractivity contribution in [2.24, 2.45) is 0 Å². The summed E-state index contributed by atoms with van der Waals surface area (Å²) in [4.78, 5) is 27.5. The van der Waals surface area contributed by atoms with Gasteiger partial charge in [-0.15, -0.1) is 0 Å². The molecule has 29 heavy (non-hydrogen) atoms. The van der Waals surface area contributed by atoms with Crippen molar-refractivity contribution in [2.75, 3.05) is 0 Å². The molecule has 0 aromatic heterocycles. The smallest absolute Gasteiger partial charge is 0.242 e. The molecule has 0 spiro atoms. The third-order valence-electron chi connectivity index (χ3n) is 5.00. The molecule has 0 saturated heterocycles. The molecule has 2 amide bonds. The van der Waals surface area contributed by atoms with E-state index in [1.165, 1.54) is 0 Å². The minimum Gasteiger partial charge on any atom is -0.352 e. The highest BCUT2D eigenvalue weighted by atomic mass is 35.5. The zero-order chi connectivity index (χ0) is 21.6. The lowest BCUT2D eigenvalue weighted by molar-refractivity contribution is -0.140. The third kappa shape index (κ3) is 6.76. The molecule has 6 heteroatoms. The van der Waals surface area contributed by atoms with Gasteiger partial charge in [0.1, 0.15) is 6.04 Å². The van der Waals surface area contributed by atoms with Crippen molar-refractivity contribution >= 4 is 35.0 Å². The number of nitrogens with zero attached hydrogens (tertiary/aromatic N) is 1. The first-order valence-electron chi connectivity index (χ1n) is 9.80. The Labute approximate surface area is 183 Å². The zero-order valence-electron chi connectivity index (χ0n) is 17.3. The molecule has 2 atom stereocenters. The van der Waals surface area contributed by atoms with Crippen LogP contribution in [0.25, 0.3) is 0 Å². The molecule has 0 saturated carbocycles. The summed E-state index contributed by atoms with van der Waals surface area (Å²) in [6.45, 7) is 7.93. The SMILES string of the molecule is CC[C@@H](C)NC(=O)[C@@H](C)N(Cc1ccc(Cl)cc1Cl)C(=O)Cc1ccc(C)cc1. The van der Waals surface area contributed by atoms with Gasteiger partial charge in [-0.25, -0.2) is 0 Å². The van der Waals surface area contributed by atoms with Crippen LogP contribution in [-0.2, 0) is 22.6 Å². The standard InChI is InChI=1S/C23H28Cl2N2O2/c1-5-16(3)26-23(29)17(4)27(14-19-10-11-20(24)13-21(19)25)22(28)12-18-8-6-15(2)7-9-18/h6-11,13,16-17H,5,12,14H2,1-4H3,(H,26,29)/t16-,17-/m1/s1. The number of carbonyl (C=O) groups is 2. The first-order chi connectivity index (χ1) is 13.7. The van der Waals surface area contributed by atoms with Gasteiger partial charge < -0.3 is 10.2 Å². The van der Waals surface area contributed by atoms with E-state index in [0.29, 0.717) is 10.0 Å². The molecule has 0 aliphatic rings. The second-order valence-electron chi connectivity index (χ2n) is 7.41. The summed E-state index contributed by atoms with van der Waals surface area (Å²) in [5.41, 5.74) is 2.78. The molecule has 2 aromatic rings. The second kappa shape index (κ2) is 10.7. The molecular weight excluding hydrogens is 407 g/mol. The molecule has 2 rings (SSSR count). The molecule has 0 bridgehead atoms. The third-order valence-corrected chi connectivity index (χ3v) is 5.59. The zero-order valence-corrected chi connectivity index (χ0v) is 18.8. The Bertz CT molecular complexity index is 852. The van der Waals surface area contributed by atoms with Gasteiger partial charge in [0.15, 0.2) is 0 Å². The van der Waals surface area contributed by atoms with E-state index in [0.717, 1.165) is 23.1 Å². The predicted molar refractivity (Wildman–Crippen MR) is 119 cm³/mol. The molecule has 0 radical (unpaired) electrons. The summed E-state index contributed by atoms with van der Waals surface area (Å²) in [7, 11) is 0. The highest BCUT2D eigenvalue weighted by Crippen LogP contribution is 2.23. The first-order valence-corrected chi connectivity index (χ1v) is 10.6. The topological polar surface area (TPSA) is 49.4 Å². The molecule has 0 heterocycles. The number of aryl methyl sites for hydroxylation is 1. The van der Waals surface area contributed by atoms with Gasteiger partial charge in [-0.3, -0.25) is 9.59 Å². The van der Waals surface area contributed by atoms with Crippen LogP contribution in [0.5, 0.6) is 0 Å². The maximum atomic E-state index is 13.2. The summed E-state index contributed by atoms with van der Waals surface area (Å²) in [6, 6.07) is 12.4. The maximum Gasteiger partial charge on any atom is 0.242 e. The van der Waals surface area contributed by atoms with Crippen LogP contribution in [0, 0.1) is 6.92 Å². The molecule has 0 aliphatic heterocycles. The molecule has 0 unspecified atom stereocenters. The van der Waals surface area contributed by atoms with Crippen molar-refractivity contribution in [2.45, 2.75) is 59.2 Å². The Kier molecular flexibility index (Phi) is 8.54. The fourth-order valence-electron chi connectivity index (χ4n) is 2.86. The highest BCUT2D eigenvalue weighted by Gasteiger charge is 2.27. The Morgan fingerprint density at radius 2 is 1.72 bits per heavy atom. The van der Waals surface area contributed by atoms with Crippen molar-refractivity contribution in [1.29, 1.82) is 0 Å². The fourth-order valence-corrected chi connectivity index (χ4v) is 3.33. The quantitative estimate of drug-likeness (QED) is 0.622. The van der Waals surface area contributed by atoms with Gasteiger partial charge in [-0.05, 0) is 50.5 Å². The normalized spacial score (nSPS) is 12.9. The van der Waals surface area contributed by atoms with E-state index < -0.39 is 6.04 Å². The fraction of sp³-hybridized carbons (Fsp3) is 0.391. The van der Waals surface area contributed by atoms with Crippen LogP contribution in [-0.4, -0.2) is 28.8 Å². The van der Waals surface area contributed by atoms with Crippen molar-refractivity contribution in [3.63, 3.8) is 0 Å². The molecular formula is C23H28Cl2N2O2. The van der Waals surface area contributed by atoms with Crippen molar-refractivity contribution in [3.8, 4) is 0 Å². The van der Waals surface area contributed by atoms with Gasteiger partial charge in [0.25, 0.3) is 0 Å². The molecule has 0 aliphatic carbocycles. The Morgan fingerprint density at radius 1 is 1.07 bits per heavy atom. The van der Waals surface area contributed by atoms with Crippen LogP contribution < -0.4 is 5.32 Å². The van der Waals surface area contributed by atoms with E-state index in [-0.39, 0.29) is 30.8 Å². The van der Waals surface area contributed by atoms with E-state index in [1.54, 1.807) is 30.0 Å². The number of hydrogen-bond donors (Lipinski definition) is 1. The van der Waals surface area contributed by atoms with Gasteiger partial charge >= 0.3 is 0 Å². The number of amides is 2. The van der Waals surface area contributed by atoms with Crippen LogP contribution in [0.15, 0.2) is 42.5 Å². The number of benzene rings is 2. The monoisotopic (exact) mass is 434 g/mol. The van der Waals surface area contributed by atoms with Crippen LogP contribution in [0.2, 0.25) is 10.0 Å². The minimum absolute atomic E-state index is 0.0399. The average Bonchev–Trinajstić information content (AvgIpc) is 2.68. The van der Waals surface area contributed by atoms with Gasteiger partial charge in [-0.2, -0.15) is 0 Å². The maximum absolute atomic E-state index is 13.2. The lowest BCUT2D eigenvalue weighted by atomic mass is 10.1. The van der Waals surface area contributed by atoms with Crippen molar-refractivity contribution in [3.05, 3.63) is 69.2 Å². The highest BCUT2D eigenvalue weighted by molar-refractivity contribution is 6.35. The van der Waals surface area contributed by atoms with Gasteiger partial charge in [0, 0.05) is 22.6 Å². The summed E-state index contributed by atoms with van der Waals surface area (Å²) >= 11 is 12.3. The number of hydrogen-bond acceptors (Lipinski definition) is 2. The summed E-state index contributed by atoms with van der Waals surface area (Å²) in [5, 5.41) is 3.96. The summed E-state index contributed by atoms with van der Waals surface area (Å²) in [5.74, 6) is -0.312. The lowest BCUT2D eigenvalue weighted by Gasteiger charge is -2.30. The molecule has 4 nitrogen and oxygen atoms in total. The van der Waals surface area contributed by atoms with E-state index in [2.05, 4.69) is 5.32 Å². The summed E-state index contributed by atoms with van der Waals surface area (Å²) < 4.78 is 0. The van der Waals surface area contributed by atoms with Crippen LogP contribution in [0.4, 0.5) is 0 Å². The number of halogens is 2. The van der Waals surface area contributed by atoms with Crippen LogP contribution in [0.1, 0.15) is 43.9 Å². The molecule has 0 fully saturated rings. The Morgan fingerprint density at radius 3 is 2.31 bits per heavy atom. The molecule has 1 N–H and O–H groups in total. The van der Waals surface area contributed by atoms with E-state index in [4.69, 9.17) is 23.2 Å². The van der Waals surface area contributed by atoms with E-state index >= 15 is 0 Å². The van der Waals surface area contributed by atoms with Gasteiger partial charge in [-0.1, -0.05) is 66.0 Å². The number of carbonyl (C=O) groups excluding carboxylic acids is 2.